The monoisotopic (exact) mass is 431 g/mol. The Labute approximate surface area is 184 Å². The first-order valence-electron chi connectivity index (χ1n) is 10.0. The SMILES string of the molecule is CN=C(NCc1ccc(C)cc1OCCOC)NCc1ccc(OC)c(OC)c1OC. The van der Waals surface area contributed by atoms with Crippen molar-refractivity contribution < 1.29 is 23.7 Å². The predicted octanol–water partition coefficient (Wildman–Crippen LogP) is 2.91. The molecule has 0 aromatic heterocycles. The second kappa shape index (κ2) is 12.5. The van der Waals surface area contributed by atoms with Gasteiger partial charge < -0.3 is 34.3 Å². The number of nitrogens with zero attached hydrogens (tertiary/aromatic N) is 1. The highest BCUT2D eigenvalue weighted by atomic mass is 16.5. The van der Waals surface area contributed by atoms with Crippen molar-refractivity contribution in [3.05, 3.63) is 47.0 Å². The molecule has 170 valence electrons. The van der Waals surface area contributed by atoms with Gasteiger partial charge in [0, 0.05) is 38.4 Å². The molecule has 2 aromatic carbocycles. The van der Waals surface area contributed by atoms with Gasteiger partial charge in [0.05, 0.1) is 27.9 Å². The maximum atomic E-state index is 5.86. The van der Waals surface area contributed by atoms with Gasteiger partial charge in [-0.15, -0.1) is 0 Å². The third-order valence-electron chi connectivity index (χ3n) is 4.67. The predicted molar refractivity (Wildman–Crippen MR) is 122 cm³/mol. The summed E-state index contributed by atoms with van der Waals surface area (Å²) >= 11 is 0. The summed E-state index contributed by atoms with van der Waals surface area (Å²) in [4.78, 5) is 4.31. The maximum Gasteiger partial charge on any atom is 0.203 e. The Bertz CT molecular complexity index is 871. The van der Waals surface area contributed by atoms with E-state index in [2.05, 4.69) is 27.8 Å². The number of guanidine groups is 1. The summed E-state index contributed by atoms with van der Waals surface area (Å²) < 4.78 is 27.3. The van der Waals surface area contributed by atoms with E-state index >= 15 is 0 Å². The van der Waals surface area contributed by atoms with Gasteiger partial charge in [0.1, 0.15) is 12.4 Å². The van der Waals surface area contributed by atoms with Crippen LogP contribution in [0.3, 0.4) is 0 Å². The number of rotatable bonds is 11. The third-order valence-corrected chi connectivity index (χ3v) is 4.67. The molecule has 0 heterocycles. The van der Waals surface area contributed by atoms with Crippen molar-refractivity contribution >= 4 is 5.96 Å². The van der Waals surface area contributed by atoms with E-state index in [1.165, 1.54) is 0 Å². The molecule has 0 aliphatic rings. The van der Waals surface area contributed by atoms with Crippen LogP contribution in [0, 0.1) is 6.92 Å². The minimum absolute atomic E-state index is 0.494. The van der Waals surface area contributed by atoms with E-state index in [9.17, 15) is 0 Å². The van der Waals surface area contributed by atoms with Gasteiger partial charge in [-0.1, -0.05) is 12.1 Å². The van der Waals surface area contributed by atoms with Crippen LogP contribution in [-0.2, 0) is 17.8 Å². The molecular formula is C23H33N3O5. The Balaban J connectivity index is 2.05. The van der Waals surface area contributed by atoms with Crippen molar-refractivity contribution in [2.24, 2.45) is 4.99 Å². The lowest BCUT2D eigenvalue weighted by atomic mass is 10.1. The zero-order chi connectivity index (χ0) is 22.6. The fourth-order valence-electron chi connectivity index (χ4n) is 3.06. The molecule has 0 spiro atoms. The first-order valence-corrected chi connectivity index (χ1v) is 10.0. The molecule has 0 saturated heterocycles. The molecule has 8 heteroatoms. The summed E-state index contributed by atoms with van der Waals surface area (Å²) in [5.41, 5.74) is 3.09. The van der Waals surface area contributed by atoms with Gasteiger partial charge >= 0.3 is 0 Å². The van der Waals surface area contributed by atoms with Gasteiger partial charge in [-0.3, -0.25) is 4.99 Å². The van der Waals surface area contributed by atoms with Crippen LogP contribution in [0.2, 0.25) is 0 Å². The van der Waals surface area contributed by atoms with Gasteiger partial charge in [0.15, 0.2) is 17.5 Å². The van der Waals surface area contributed by atoms with Crippen LogP contribution in [0.15, 0.2) is 35.3 Å². The molecule has 0 radical (unpaired) electrons. The topological polar surface area (TPSA) is 82.6 Å². The van der Waals surface area contributed by atoms with E-state index in [1.807, 2.05) is 25.1 Å². The summed E-state index contributed by atoms with van der Waals surface area (Å²) in [6, 6.07) is 9.92. The third kappa shape index (κ3) is 6.68. The van der Waals surface area contributed by atoms with Gasteiger partial charge in [0.25, 0.3) is 0 Å². The lowest BCUT2D eigenvalue weighted by molar-refractivity contribution is 0.145. The summed E-state index contributed by atoms with van der Waals surface area (Å²) in [5, 5.41) is 6.63. The highest BCUT2D eigenvalue weighted by Gasteiger charge is 2.16. The molecule has 0 unspecified atom stereocenters. The summed E-state index contributed by atoms with van der Waals surface area (Å²) in [6.45, 7) is 4.13. The van der Waals surface area contributed by atoms with Crippen molar-refractivity contribution in [3.63, 3.8) is 0 Å². The molecule has 0 aliphatic carbocycles. The van der Waals surface area contributed by atoms with E-state index < -0.39 is 0 Å². The Kier molecular flexibility index (Phi) is 9.77. The molecular weight excluding hydrogens is 398 g/mol. The van der Waals surface area contributed by atoms with Crippen molar-refractivity contribution in [3.8, 4) is 23.0 Å². The van der Waals surface area contributed by atoms with Crippen LogP contribution in [-0.4, -0.2) is 54.7 Å². The standard InChI is InChI=1S/C23H33N3O5/c1-16-7-8-17(20(13-16)31-12-11-27-3)14-25-23(24-2)26-15-18-9-10-19(28-4)22(30-6)21(18)29-5/h7-10,13H,11-12,14-15H2,1-6H3,(H2,24,25,26). The van der Waals surface area contributed by atoms with Crippen molar-refractivity contribution in [2.45, 2.75) is 20.0 Å². The first-order chi connectivity index (χ1) is 15.1. The summed E-state index contributed by atoms with van der Waals surface area (Å²) in [5.74, 6) is 3.29. The Morgan fingerprint density at radius 3 is 2.10 bits per heavy atom. The molecule has 2 N–H and O–H groups in total. The largest absolute Gasteiger partial charge is 0.493 e. The zero-order valence-corrected chi connectivity index (χ0v) is 19.2. The van der Waals surface area contributed by atoms with Gasteiger partial charge in [-0.2, -0.15) is 0 Å². The summed E-state index contributed by atoms with van der Waals surface area (Å²) in [7, 11) is 8.18. The number of methoxy groups -OCH3 is 4. The highest BCUT2D eigenvalue weighted by molar-refractivity contribution is 5.79. The summed E-state index contributed by atoms with van der Waals surface area (Å²) in [6.07, 6.45) is 0. The average molecular weight is 432 g/mol. The molecule has 31 heavy (non-hydrogen) atoms. The van der Waals surface area contributed by atoms with Gasteiger partial charge in [-0.25, -0.2) is 0 Å². The van der Waals surface area contributed by atoms with E-state index in [1.54, 1.807) is 35.5 Å². The Morgan fingerprint density at radius 1 is 0.806 bits per heavy atom. The molecule has 2 aromatic rings. The molecule has 0 aliphatic heterocycles. The average Bonchev–Trinajstić information content (AvgIpc) is 2.79. The number of aliphatic imine (C=N–C) groups is 1. The number of hydrogen-bond donors (Lipinski definition) is 2. The number of benzene rings is 2. The highest BCUT2D eigenvalue weighted by Crippen LogP contribution is 2.39. The number of hydrogen-bond acceptors (Lipinski definition) is 6. The minimum Gasteiger partial charge on any atom is -0.493 e. The minimum atomic E-state index is 0.494. The van der Waals surface area contributed by atoms with Crippen LogP contribution < -0.4 is 29.6 Å². The fourth-order valence-corrected chi connectivity index (χ4v) is 3.06. The quantitative estimate of drug-likeness (QED) is 0.322. The van der Waals surface area contributed by atoms with Gasteiger partial charge in [-0.05, 0) is 30.7 Å². The number of nitrogens with one attached hydrogen (secondary N) is 2. The molecule has 2 rings (SSSR count). The van der Waals surface area contributed by atoms with Crippen LogP contribution in [0.5, 0.6) is 23.0 Å². The van der Waals surface area contributed by atoms with Crippen LogP contribution in [0.4, 0.5) is 0 Å². The maximum absolute atomic E-state index is 5.86. The van der Waals surface area contributed by atoms with Crippen LogP contribution in [0.25, 0.3) is 0 Å². The van der Waals surface area contributed by atoms with E-state index in [4.69, 9.17) is 23.7 Å². The van der Waals surface area contributed by atoms with Crippen molar-refractivity contribution in [1.82, 2.24) is 10.6 Å². The molecule has 0 saturated carbocycles. The molecule has 0 atom stereocenters. The Hall–Kier alpha value is -3.13. The lowest BCUT2D eigenvalue weighted by Crippen LogP contribution is -2.36. The molecule has 0 fully saturated rings. The first kappa shape index (κ1) is 24.1. The molecule has 0 amide bonds. The van der Waals surface area contributed by atoms with E-state index in [0.717, 1.165) is 22.4 Å². The zero-order valence-electron chi connectivity index (χ0n) is 19.2. The second-order valence-electron chi connectivity index (χ2n) is 6.73. The molecule has 8 nitrogen and oxygen atoms in total. The van der Waals surface area contributed by atoms with Crippen LogP contribution >= 0.6 is 0 Å². The number of ether oxygens (including phenoxy) is 5. The number of aryl methyl sites for hydroxylation is 1. The smallest absolute Gasteiger partial charge is 0.203 e. The normalized spacial score (nSPS) is 11.1. The van der Waals surface area contributed by atoms with Crippen molar-refractivity contribution in [2.75, 3.05) is 48.7 Å². The Morgan fingerprint density at radius 2 is 1.48 bits per heavy atom. The van der Waals surface area contributed by atoms with E-state index in [0.29, 0.717) is 49.5 Å². The second-order valence-corrected chi connectivity index (χ2v) is 6.73. The fraction of sp³-hybridized carbons (Fsp3) is 0.435. The lowest BCUT2D eigenvalue weighted by Gasteiger charge is -2.18. The molecule has 0 bridgehead atoms. The van der Waals surface area contributed by atoms with E-state index in [-0.39, 0.29) is 0 Å². The van der Waals surface area contributed by atoms with Crippen LogP contribution in [0.1, 0.15) is 16.7 Å². The van der Waals surface area contributed by atoms with Crippen molar-refractivity contribution in [1.29, 1.82) is 0 Å². The van der Waals surface area contributed by atoms with Gasteiger partial charge in [0.2, 0.25) is 5.75 Å².